The Balaban J connectivity index is 2.22. The van der Waals surface area contributed by atoms with Gasteiger partial charge in [-0.05, 0) is 59.0 Å². The van der Waals surface area contributed by atoms with Crippen molar-refractivity contribution in [3.8, 4) is 11.8 Å². The molecule has 2 N–H and O–H groups in total. The van der Waals surface area contributed by atoms with E-state index in [1.807, 2.05) is 18.2 Å². The number of benzene rings is 2. The zero-order valence-corrected chi connectivity index (χ0v) is 13.0. The molecule has 0 saturated carbocycles. The first-order valence-electron chi connectivity index (χ1n) is 6.07. The lowest BCUT2D eigenvalue weighted by Crippen LogP contribution is -2.13. The lowest BCUT2D eigenvalue weighted by molar-refractivity contribution is -0.112. The first kappa shape index (κ1) is 15.1. The van der Waals surface area contributed by atoms with Crippen molar-refractivity contribution >= 4 is 40.3 Å². The van der Waals surface area contributed by atoms with Crippen LogP contribution in [0.2, 0.25) is 0 Å². The minimum Gasteiger partial charge on any atom is -0.507 e. The molecular formula is C16H11IN2O2. The van der Waals surface area contributed by atoms with E-state index in [1.165, 1.54) is 12.1 Å². The Bertz CT molecular complexity index is 731. The number of rotatable bonds is 3. The molecule has 4 nitrogen and oxygen atoms in total. The van der Waals surface area contributed by atoms with Crippen LogP contribution in [-0.2, 0) is 4.79 Å². The van der Waals surface area contributed by atoms with E-state index < -0.39 is 5.91 Å². The molecule has 1 amide bonds. The van der Waals surface area contributed by atoms with Gasteiger partial charge < -0.3 is 10.4 Å². The topological polar surface area (TPSA) is 73.1 Å². The summed E-state index contributed by atoms with van der Waals surface area (Å²) in [7, 11) is 0. The van der Waals surface area contributed by atoms with Crippen molar-refractivity contribution in [3.05, 3.63) is 63.2 Å². The second kappa shape index (κ2) is 6.90. The van der Waals surface area contributed by atoms with Gasteiger partial charge in [0.1, 0.15) is 17.4 Å². The molecule has 5 heteroatoms. The van der Waals surface area contributed by atoms with Gasteiger partial charge in [0, 0.05) is 14.8 Å². The number of hydrogen-bond acceptors (Lipinski definition) is 3. The summed E-state index contributed by atoms with van der Waals surface area (Å²) in [5.74, 6) is -0.491. The first-order valence-corrected chi connectivity index (χ1v) is 7.15. The Morgan fingerprint density at radius 3 is 2.48 bits per heavy atom. The Morgan fingerprint density at radius 1 is 1.19 bits per heavy atom. The molecule has 0 unspecified atom stereocenters. The highest BCUT2D eigenvalue weighted by Gasteiger charge is 2.10. The van der Waals surface area contributed by atoms with E-state index in [-0.39, 0.29) is 11.3 Å². The van der Waals surface area contributed by atoms with Crippen molar-refractivity contribution in [2.24, 2.45) is 0 Å². The molecule has 0 saturated heterocycles. The van der Waals surface area contributed by atoms with Crippen LogP contribution in [0.3, 0.4) is 0 Å². The van der Waals surface area contributed by atoms with Gasteiger partial charge in [-0.15, -0.1) is 0 Å². The van der Waals surface area contributed by atoms with E-state index in [0.29, 0.717) is 11.3 Å². The fourth-order valence-corrected chi connectivity index (χ4v) is 2.00. The monoisotopic (exact) mass is 390 g/mol. The number of nitriles is 1. The number of nitrogens with one attached hydrogen (secondary N) is 1. The highest BCUT2D eigenvalue weighted by Crippen LogP contribution is 2.19. The largest absolute Gasteiger partial charge is 0.507 e. The van der Waals surface area contributed by atoms with Gasteiger partial charge in [-0.2, -0.15) is 5.26 Å². The van der Waals surface area contributed by atoms with Gasteiger partial charge >= 0.3 is 0 Å². The number of phenolic OH excluding ortho intramolecular Hbond substituents is 1. The molecule has 2 rings (SSSR count). The predicted molar refractivity (Wildman–Crippen MR) is 89.5 cm³/mol. The molecule has 21 heavy (non-hydrogen) atoms. The van der Waals surface area contributed by atoms with Crippen LogP contribution >= 0.6 is 22.6 Å². The van der Waals surface area contributed by atoms with E-state index in [9.17, 15) is 9.90 Å². The highest BCUT2D eigenvalue weighted by atomic mass is 127. The number of phenols is 1. The van der Waals surface area contributed by atoms with E-state index >= 15 is 0 Å². The van der Waals surface area contributed by atoms with Crippen LogP contribution in [0.5, 0.6) is 5.75 Å². The molecule has 0 aliphatic carbocycles. The molecule has 0 radical (unpaired) electrons. The standard InChI is InChI=1S/C16H11IN2O2/c17-13-5-7-14(8-6-13)19-16(21)12(10-18)9-11-3-1-2-4-15(11)20/h1-9,20H,(H,19,21)/b12-9-. The smallest absolute Gasteiger partial charge is 0.266 e. The fraction of sp³-hybridized carbons (Fsp3) is 0. The first-order chi connectivity index (χ1) is 10.1. The van der Waals surface area contributed by atoms with Crippen LogP contribution in [0, 0.1) is 14.9 Å². The summed E-state index contributed by atoms with van der Waals surface area (Å²) in [6.45, 7) is 0. The number of halogens is 1. The number of amides is 1. The third kappa shape index (κ3) is 4.07. The molecular weight excluding hydrogens is 379 g/mol. The summed E-state index contributed by atoms with van der Waals surface area (Å²) in [5, 5.41) is 21.4. The average Bonchev–Trinajstić information content (AvgIpc) is 2.48. The second-order valence-electron chi connectivity index (χ2n) is 4.19. The third-order valence-electron chi connectivity index (χ3n) is 2.70. The molecule has 0 bridgehead atoms. The van der Waals surface area contributed by atoms with E-state index in [2.05, 4.69) is 27.9 Å². The van der Waals surface area contributed by atoms with Gasteiger partial charge in [-0.1, -0.05) is 18.2 Å². The zero-order valence-electron chi connectivity index (χ0n) is 10.9. The van der Waals surface area contributed by atoms with Crippen LogP contribution in [0.25, 0.3) is 6.08 Å². The van der Waals surface area contributed by atoms with Gasteiger partial charge in [0.05, 0.1) is 0 Å². The SMILES string of the molecule is N#C/C(=C/c1ccccc1O)C(=O)Nc1ccc(I)cc1. The van der Waals surface area contributed by atoms with E-state index in [4.69, 9.17) is 5.26 Å². The van der Waals surface area contributed by atoms with Crippen molar-refractivity contribution < 1.29 is 9.90 Å². The van der Waals surface area contributed by atoms with Gasteiger partial charge in [0.2, 0.25) is 0 Å². The molecule has 2 aromatic carbocycles. The summed E-state index contributed by atoms with van der Waals surface area (Å²) in [6.07, 6.45) is 1.36. The summed E-state index contributed by atoms with van der Waals surface area (Å²) in [6, 6.07) is 15.6. The Morgan fingerprint density at radius 2 is 1.86 bits per heavy atom. The fourth-order valence-electron chi connectivity index (χ4n) is 1.65. The number of carbonyl (C=O) groups is 1. The van der Waals surface area contributed by atoms with Crippen molar-refractivity contribution in [1.82, 2.24) is 0 Å². The number of carbonyl (C=O) groups excluding carboxylic acids is 1. The molecule has 2 aromatic rings. The Labute approximate surface area is 135 Å². The van der Waals surface area contributed by atoms with Crippen LogP contribution in [0.4, 0.5) is 5.69 Å². The van der Waals surface area contributed by atoms with Gasteiger partial charge in [-0.25, -0.2) is 0 Å². The highest BCUT2D eigenvalue weighted by molar-refractivity contribution is 14.1. The molecule has 0 fully saturated rings. The molecule has 0 spiro atoms. The third-order valence-corrected chi connectivity index (χ3v) is 3.42. The van der Waals surface area contributed by atoms with Gasteiger partial charge in [-0.3, -0.25) is 4.79 Å². The summed E-state index contributed by atoms with van der Waals surface area (Å²) < 4.78 is 1.05. The van der Waals surface area contributed by atoms with E-state index in [1.54, 1.807) is 30.3 Å². The number of hydrogen-bond donors (Lipinski definition) is 2. The Kier molecular flexibility index (Phi) is 4.95. The van der Waals surface area contributed by atoms with Crippen molar-refractivity contribution in [1.29, 1.82) is 5.26 Å². The quantitative estimate of drug-likeness (QED) is 0.479. The average molecular weight is 390 g/mol. The van der Waals surface area contributed by atoms with E-state index in [0.717, 1.165) is 3.57 Å². The summed E-state index contributed by atoms with van der Waals surface area (Å²) in [4.78, 5) is 12.1. The summed E-state index contributed by atoms with van der Waals surface area (Å²) >= 11 is 2.17. The van der Waals surface area contributed by atoms with Crippen LogP contribution in [0.15, 0.2) is 54.1 Å². The summed E-state index contributed by atoms with van der Waals surface area (Å²) in [5.41, 5.74) is 0.959. The normalized spacial score (nSPS) is 10.8. The number of para-hydroxylation sites is 1. The number of aromatic hydroxyl groups is 1. The van der Waals surface area contributed by atoms with Crippen LogP contribution < -0.4 is 5.32 Å². The second-order valence-corrected chi connectivity index (χ2v) is 5.44. The molecule has 0 aromatic heterocycles. The molecule has 0 aliphatic rings. The number of anilines is 1. The minimum absolute atomic E-state index is 0.0207. The van der Waals surface area contributed by atoms with Crippen molar-refractivity contribution in [2.75, 3.05) is 5.32 Å². The van der Waals surface area contributed by atoms with Crippen LogP contribution in [-0.4, -0.2) is 11.0 Å². The molecule has 104 valence electrons. The van der Waals surface area contributed by atoms with Gasteiger partial charge in [0.25, 0.3) is 5.91 Å². The maximum Gasteiger partial charge on any atom is 0.266 e. The minimum atomic E-state index is -0.512. The van der Waals surface area contributed by atoms with Crippen molar-refractivity contribution in [2.45, 2.75) is 0 Å². The maximum atomic E-state index is 12.1. The lowest BCUT2D eigenvalue weighted by Gasteiger charge is -2.05. The molecule has 0 atom stereocenters. The molecule has 0 aliphatic heterocycles. The predicted octanol–water partition coefficient (Wildman–Crippen LogP) is 3.54. The lowest BCUT2D eigenvalue weighted by atomic mass is 10.1. The molecule has 0 heterocycles. The van der Waals surface area contributed by atoms with Crippen molar-refractivity contribution in [3.63, 3.8) is 0 Å². The zero-order chi connectivity index (χ0) is 15.2. The van der Waals surface area contributed by atoms with Crippen LogP contribution in [0.1, 0.15) is 5.56 Å². The number of nitrogens with zero attached hydrogens (tertiary/aromatic N) is 1. The van der Waals surface area contributed by atoms with Gasteiger partial charge in [0.15, 0.2) is 0 Å². The Hall–Kier alpha value is -2.33. The maximum absolute atomic E-state index is 12.1.